The normalized spacial score (nSPS) is 37.2. The van der Waals surface area contributed by atoms with Crippen molar-refractivity contribution in [3.05, 3.63) is 22.2 Å². The molecule has 3 aliphatic carbocycles. The summed E-state index contributed by atoms with van der Waals surface area (Å²) in [5.74, 6) is 6.44. The van der Waals surface area contributed by atoms with Crippen molar-refractivity contribution < 1.29 is 9.47 Å². The van der Waals surface area contributed by atoms with Crippen LogP contribution in [-0.4, -0.2) is 14.2 Å². The zero-order valence-electron chi connectivity index (χ0n) is 12.3. The molecular formula is C17H20Br2O2. The van der Waals surface area contributed by atoms with E-state index in [0.717, 1.165) is 45.6 Å². The molecule has 0 radical (unpaired) electrons. The molecule has 21 heavy (non-hydrogen) atoms. The summed E-state index contributed by atoms with van der Waals surface area (Å²) in [5, 5.41) is 0. The topological polar surface area (TPSA) is 18.5 Å². The van der Waals surface area contributed by atoms with E-state index in [1.165, 1.54) is 24.8 Å². The van der Waals surface area contributed by atoms with Crippen LogP contribution in [-0.2, 0) is 0 Å². The third kappa shape index (κ3) is 2.01. The van der Waals surface area contributed by atoms with Crippen molar-refractivity contribution in [2.75, 3.05) is 14.2 Å². The Hall–Kier alpha value is -0.220. The summed E-state index contributed by atoms with van der Waals surface area (Å²) < 4.78 is 11.9. The van der Waals surface area contributed by atoms with Gasteiger partial charge < -0.3 is 9.47 Å². The summed E-state index contributed by atoms with van der Waals surface area (Å²) in [6, 6.07) is 4.18. The van der Waals surface area contributed by atoms with Gasteiger partial charge in [0, 0.05) is 10.4 Å². The first-order valence-electron chi connectivity index (χ1n) is 7.71. The Labute approximate surface area is 142 Å². The lowest BCUT2D eigenvalue weighted by Gasteiger charge is -2.19. The maximum atomic E-state index is 5.65. The molecule has 4 rings (SSSR count). The molecule has 0 heterocycles. The number of alkyl halides is 1. The first-order chi connectivity index (χ1) is 10.2. The van der Waals surface area contributed by atoms with E-state index in [1.807, 2.05) is 6.07 Å². The Morgan fingerprint density at radius 1 is 1.10 bits per heavy atom. The zero-order valence-corrected chi connectivity index (χ0v) is 15.5. The molecule has 0 saturated heterocycles. The van der Waals surface area contributed by atoms with Gasteiger partial charge in [-0.2, -0.15) is 0 Å². The first-order valence-corrected chi connectivity index (χ1v) is 9.42. The summed E-state index contributed by atoms with van der Waals surface area (Å²) in [7, 11) is 3.42. The van der Waals surface area contributed by atoms with Gasteiger partial charge in [0.25, 0.3) is 0 Å². The second kappa shape index (κ2) is 5.16. The maximum Gasteiger partial charge on any atom is 0.141 e. The first kappa shape index (κ1) is 14.4. The number of halogens is 2. The predicted molar refractivity (Wildman–Crippen MR) is 90.2 cm³/mol. The van der Waals surface area contributed by atoms with E-state index in [4.69, 9.17) is 9.47 Å². The van der Waals surface area contributed by atoms with Crippen LogP contribution in [0.1, 0.15) is 29.7 Å². The number of ether oxygens (including phenoxy) is 2. The monoisotopic (exact) mass is 414 g/mol. The minimum Gasteiger partial charge on any atom is -0.495 e. The highest BCUT2D eigenvalue weighted by atomic mass is 79.9. The van der Waals surface area contributed by atoms with E-state index in [1.54, 1.807) is 14.2 Å². The molecule has 2 nitrogen and oxygen atoms in total. The lowest BCUT2D eigenvalue weighted by Crippen LogP contribution is -2.06. The predicted octanol–water partition coefficient (Wildman–Crippen LogP) is 5.19. The van der Waals surface area contributed by atoms with E-state index < -0.39 is 0 Å². The molecule has 5 atom stereocenters. The number of benzene rings is 1. The summed E-state index contributed by atoms with van der Waals surface area (Å²) in [4.78, 5) is 0.396. The fraction of sp³-hybridized carbons (Fsp3) is 0.647. The Morgan fingerprint density at radius 2 is 1.76 bits per heavy atom. The number of hydrogen-bond acceptors (Lipinski definition) is 2. The minimum absolute atomic E-state index is 0.396. The number of hydrogen-bond donors (Lipinski definition) is 0. The number of rotatable bonds is 4. The van der Waals surface area contributed by atoms with Crippen LogP contribution < -0.4 is 9.47 Å². The van der Waals surface area contributed by atoms with Crippen LogP contribution in [0.25, 0.3) is 0 Å². The molecule has 0 aromatic heterocycles. The number of methoxy groups -OCH3 is 2. The van der Waals surface area contributed by atoms with E-state index in [-0.39, 0.29) is 0 Å². The SMILES string of the molecule is COc1ccc(C(Br)C2C3C4CCC(C4)C32)c(OC)c1Br. The molecule has 114 valence electrons. The second-order valence-electron chi connectivity index (χ2n) is 6.67. The van der Waals surface area contributed by atoms with Crippen LogP contribution in [0, 0.1) is 29.6 Å². The second-order valence-corrected chi connectivity index (χ2v) is 8.45. The molecule has 2 bridgehead atoms. The summed E-state index contributed by atoms with van der Waals surface area (Å²) in [6.45, 7) is 0. The molecule has 0 spiro atoms. The van der Waals surface area contributed by atoms with Crippen molar-refractivity contribution in [1.29, 1.82) is 0 Å². The van der Waals surface area contributed by atoms with Crippen LogP contribution in [0.2, 0.25) is 0 Å². The van der Waals surface area contributed by atoms with Gasteiger partial charge in [-0.1, -0.05) is 22.0 Å². The number of fused-ring (bicyclic) bond motifs is 5. The van der Waals surface area contributed by atoms with Crippen molar-refractivity contribution in [1.82, 2.24) is 0 Å². The molecule has 1 aromatic rings. The molecule has 0 aliphatic heterocycles. The van der Waals surface area contributed by atoms with E-state index in [9.17, 15) is 0 Å². The van der Waals surface area contributed by atoms with Crippen molar-refractivity contribution in [3.63, 3.8) is 0 Å². The highest BCUT2D eigenvalue weighted by molar-refractivity contribution is 9.10. The third-order valence-electron chi connectivity index (χ3n) is 5.95. The van der Waals surface area contributed by atoms with Gasteiger partial charge in [0.15, 0.2) is 0 Å². The molecule has 5 unspecified atom stereocenters. The van der Waals surface area contributed by atoms with Crippen LogP contribution >= 0.6 is 31.9 Å². The minimum atomic E-state index is 0.396. The molecular weight excluding hydrogens is 396 g/mol. The smallest absolute Gasteiger partial charge is 0.141 e. The van der Waals surface area contributed by atoms with Crippen molar-refractivity contribution >= 4 is 31.9 Å². The lowest BCUT2D eigenvalue weighted by molar-refractivity contribution is 0.382. The van der Waals surface area contributed by atoms with E-state index in [2.05, 4.69) is 37.9 Å². The van der Waals surface area contributed by atoms with E-state index >= 15 is 0 Å². The average molecular weight is 416 g/mol. The Bertz CT molecular complexity index is 558. The summed E-state index contributed by atoms with van der Waals surface area (Å²) in [5.41, 5.74) is 1.25. The Balaban J connectivity index is 1.64. The van der Waals surface area contributed by atoms with Crippen LogP contribution in [0.5, 0.6) is 11.5 Å². The quantitative estimate of drug-likeness (QED) is 0.629. The molecule has 3 saturated carbocycles. The van der Waals surface area contributed by atoms with Gasteiger partial charge in [0.05, 0.1) is 14.2 Å². The summed E-state index contributed by atoms with van der Waals surface area (Å²) >= 11 is 7.60. The van der Waals surface area contributed by atoms with Gasteiger partial charge in [-0.15, -0.1) is 0 Å². The van der Waals surface area contributed by atoms with Crippen LogP contribution in [0.4, 0.5) is 0 Å². The maximum absolute atomic E-state index is 5.65. The largest absolute Gasteiger partial charge is 0.495 e. The van der Waals surface area contributed by atoms with Crippen molar-refractivity contribution in [2.24, 2.45) is 29.6 Å². The average Bonchev–Trinajstić information content (AvgIpc) is 2.93. The molecule has 3 aliphatic rings. The van der Waals surface area contributed by atoms with Gasteiger partial charge in [-0.25, -0.2) is 0 Å². The van der Waals surface area contributed by atoms with Gasteiger partial charge in [0.2, 0.25) is 0 Å². The standard InChI is InChI=1S/C17H20Br2O2/c1-20-11-6-5-10(17(21-2)16(11)19)15(18)14-12-8-3-4-9(7-8)13(12)14/h5-6,8-9,12-15H,3-4,7H2,1-2H3. The molecule has 1 aromatic carbocycles. The van der Waals surface area contributed by atoms with Crippen molar-refractivity contribution in [2.45, 2.75) is 24.1 Å². The fourth-order valence-corrected chi connectivity index (χ4v) is 6.88. The van der Waals surface area contributed by atoms with Gasteiger partial charge in [-0.05, 0) is 70.8 Å². The van der Waals surface area contributed by atoms with Gasteiger partial charge >= 0.3 is 0 Å². The van der Waals surface area contributed by atoms with Crippen LogP contribution in [0.15, 0.2) is 16.6 Å². The molecule has 3 fully saturated rings. The van der Waals surface area contributed by atoms with E-state index in [0.29, 0.717) is 4.83 Å². The van der Waals surface area contributed by atoms with Crippen molar-refractivity contribution in [3.8, 4) is 11.5 Å². The van der Waals surface area contributed by atoms with Gasteiger partial charge in [0.1, 0.15) is 16.0 Å². The fourth-order valence-electron chi connectivity index (χ4n) is 5.13. The zero-order chi connectivity index (χ0) is 14.7. The third-order valence-corrected chi connectivity index (χ3v) is 7.80. The Morgan fingerprint density at radius 3 is 2.33 bits per heavy atom. The highest BCUT2D eigenvalue weighted by Gasteiger charge is 2.66. The van der Waals surface area contributed by atoms with Gasteiger partial charge in [-0.3, -0.25) is 0 Å². The molecule has 0 amide bonds. The lowest BCUT2D eigenvalue weighted by atomic mass is 9.96. The summed E-state index contributed by atoms with van der Waals surface area (Å²) in [6.07, 6.45) is 4.42. The molecule has 0 N–H and O–H groups in total. The highest BCUT2D eigenvalue weighted by Crippen LogP contribution is 2.73. The Kier molecular flexibility index (Phi) is 3.53. The molecule has 4 heteroatoms. The van der Waals surface area contributed by atoms with Crippen LogP contribution in [0.3, 0.4) is 0 Å².